The molecule has 0 aliphatic carbocycles. The van der Waals surface area contributed by atoms with Crippen LogP contribution in [0.25, 0.3) is 0 Å². The SMILES string of the molecule is CNC(Cc1ccc(C(C)C)cc1)C1(C)CCCCO1. The third kappa shape index (κ3) is 3.62. The zero-order chi connectivity index (χ0) is 14.6. The van der Waals surface area contributed by atoms with E-state index in [1.807, 2.05) is 0 Å². The minimum absolute atomic E-state index is 0.0241. The molecule has 0 radical (unpaired) electrons. The van der Waals surface area contributed by atoms with Gasteiger partial charge in [-0.3, -0.25) is 0 Å². The van der Waals surface area contributed by atoms with Crippen LogP contribution in [0, 0.1) is 0 Å². The second-order valence-corrected chi connectivity index (χ2v) is 6.56. The van der Waals surface area contributed by atoms with Crippen LogP contribution in [0.3, 0.4) is 0 Å². The molecule has 0 bridgehead atoms. The monoisotopic (exact) mass is 275 g/mol. The van der Waals surface area contributed by atoms with Gasteiger partial charge in [0, 0.05) is 12.6 Å². The van der Waals surface area contributed by atoms with E-state index in [0.29, 0.717) is 12.0 Å². The van der Waals surface area contributed by atoms with Gasteiger partial charge in [0.25, 0.3) is 0 Å². The second-order valence-electron chi connectivity index (χ2n) is 6.56. The highest BCUT2D eigenvalue weighted by Gasteiger charge is 2.35. The molecular formula is C18H29NO. The summed E-state index contributed by atoms with van der Waals surface area (Å²) in [6.07, 6.45) is 4.67. The number of ether oxygens (including phenoxy) is 1. The predicted molar refractivity (Wildman–Crippen MR) is 85.3 cm³/mol. The highest BCUT2D eigenvalue weighted by atomic mass is 16.5. The zero-order valence-corrected chi connectivity index (χ0v) is 13.4. The lowest BCUT2D eigenvalue weighted by molar-refractivity contribution is -0.0870. The first-order valence-corrected chi connectivity index (χ1v) is 7.95. The molecule has 1 heterocycles. The fraction of sp³-hybridized carbons (Fsp3) is 0.667. The van der Waals surface area contributed by atoms with Crippen molar-refractivity contribution in [3.05, 3.63) is 35.4 Å². The largest absolute Gasteiger partial charge is 0.374 e. The van der Waals surface area contributed by atoms with Gasteiger partial charge in [0.15, 0.2) is 0 Å². The van der Waals surface area contributed by atoms with Gasteiger partial charge in [-0.1, -0.05) is 38.1 Å². The van der Waals surface area contributed by atoms with Gasteiger partial charge >= 0.3 is 0 Å². The Bertz CT molecular complexity index is 404. The smallest absolute Gasteiger partial charge is 0.0809 e. The quantitative estimate of drug-likeness (QED) is 0.880. The molecule has 0 aromatic heterocycles. The Morgan fingerprint density at radius 3 is 2.40 bits per heavy atom. The van der Waals surface area contributed by atoms with E-state index < -0.39 is 0 Å². The zero-order valence-electron chi connectivity index (χ0n) is 13.4. The number of benzene rings is 1. The molecule has 1 fully saturated rings. The molecule has 2 nitrogen and oxygen atoms in total. The first-order chi connectivity index (χ1) is 9.55. The van der Waals surface area contributed by atoms with Crippen LogP contribution >= 0.6 is 0 Å². The maximum atomic E-state index is 6.09. The summed E-state index contributed by atoms with van der Waals surface area (Å²) in [5.74, 6) is 0.600. The van der Waals surface area contributed by atoms with Crippen molar-refractivity contribution in [3.63, 3.8) is 0 Å². The summed E-state index contributed by atoms with van der Waals surface area (Å²) in [7, 11) is 2.05. The summed E-state index contributed by atoms with van der Waals surface area (Å²) < 4.78 is 6.09. The Morgan fingerprint density at radius 1 is 1.20 bits per heavy atom. The Balaban J connectivity index is 2.05. The third-order valence-corrected chi connectivity index (χ3v) is 4.67. The molecule has 112 valence electrons. The molecule has 2 atom stereocenters. The van der Waals surface area contributed by atoms with Crippen LogP contribution in [0.5, 0.6) is 0 Å². The first kappa shape index (κ1) is 15.5. The van der Waals surface area contributed by atoms with E-state index in [0.717, 1.165) is 19.4 Å². The molecule has 2 heteroatoms. The summed E-state index contributed by atoms with van der Waals surface area (Å²) in [5.41, 5.74) is 2.78. The number of rotatable bonds is 5. The molecule has 1 aliphatic heterocycles. The van der Waals surface area contributed by atoms with E-state index in [-0.39, 0.29) is 5.60 Å². The summed E-state index contributed by atoms with van der Waals surface area (Å²) >= 11 is 0. The average molecular weight is 275 g/mol. The van der Waals surface area contributed by atoms with Crippen molar-refractivity contribution in [2.24, 2.45) is 0 Å². The fourth-order valence-electron chi connectivity index (χ4n) is 3.13. The lowest BCUT2D eigenvalue weighted by Gasteiger charge is -2.40. The Kier molecular flexibility index (Phi) is 5.22. The van der Waals surface area contributed by atoms with E-state index in [1.54, 1.807) is 0 Å². The Labute approximate surface area is 123 Å². The molecular weight excluding hydrogens is 246 g/mol. The maximum absolute atomic E-state index is 6.09. The molecule has 0 spiro atoms. The van der Waals surface area contributed by atoms with Gasteiger partial charge in [-0.2, -0.15) is 0 Å². The minimum atomic E-state index is -0.0241. The average Bonchev–Trinajstić information content (AvgIpc) is 2.45. The van der Waals surface area contributed by atoms with Crippen LogP contribution in [0.15, 0.2) is 24.3 Å². The summed E-state index contributed by atoms with van der Waals surface area (Å²) in [6.45, 7) is 7.64. The molecule has 20 heavy (non-hydrogen) atoms. The van der Waals surface area contributed by atoms with Crippen LogP contribution in [-0.2, 0) is 11.2 Å². The van der Waals surface area contributed by atoms with E-state index in [4.69, 9.17) is 4.74 Å². The fourth-order valence-corrected chi connectivity index (χ4v) is 3.13. The van der Waals surface area contributed by atoms with Gasteiger partial charge in [-0.25, -0.2) is 0 Å². The van der Waals surface area contributed by atoms with E-state index in [9.17, 15) is 0 Å². The van der Waals surface area contributed by atoms with Crippen molar-refractivity contribution in [2.75, 3.05) is 13.7 Å². The third-order valence-electron chi connectivity index (χ3n) is 4.67. The summed E-state index contributed by atoms with van der Waals surface area (Å²) in [6, 6.07) is 9.44. The molecule has 2 rings (SSSR count). The second kappa shape index (κ2) is 6.73. The Morgan fingerprint density at radius 2 is 1.90 bits per heavy atom. The van der Waals surface area contributed by atoms with Crippen molar-refractivity contribution in [2.45, 2.75) is 64.0 Å². The Hall–Kier alpha value is -0.860. The van der Waals surface area contributed by atoms with E-state index in [1.165, 1.54) is 24.0 Å². The van der Waals surface area contributed by atoms with Crippen molar-refractivity contribution in [1.29, 1.82) is 0 Å². The van der Waals surface area contributed by atoms with E-state index in [2.05, 4.69) is 57.4 Å². The highest BCUT2D eigenvalue weighted by Crippen LogP contribution is 2.29. The molecule has 1 aliphatic rings. The molecule has 1 aromatic rings. The lowest BCUT2D eigenvalue weighted by Crippen LogP contribution is -2.52. The lowest BCUT2D eigenvalue weighted by atomic mass is 9.84. The van der Waals surface area contributed by atoms with Crippen LogP contribution < -0.4 is 5.32 Å². The number of nitrogens with one attached hydrogen (secondary N) is 1. The standard InChI is InChI=1S/C18H29NO/c1-14(2)16-9-7-15(8-10-16)13-17(19-4)18(3)11-5-6-12-20-18/h7-10,14,17,19H,5-6,11-13H2,1-4H3. The molecule has 0 saturated carbocycles. The first-order valence-electron chi connectivity index (χ1n) is 7.95. The van der Waals surface area contributed by atoms with Crippen molar-refractivity contribution < 1.29 is 4.74 Å². The molecule has 0 amide bonds. The maximum Gasteiger partial charge on any atom is 0.0809 e. The van der Waals surface area contributed by atoms with Gasteiger partial charge in [0.2, 0.25) is 0 Å². The van der Waals surface area contributed by atoms with Crippen LogP contribution in [0.2, 0.25) is 0 Å². The molecule has 2 unspecified atom stereocenters. The van der Waals surface area contributed by atoms with Crippen LogP contribution in [0.1, 0.15) is 57.1 Å². The minimum Gasteiger partial charge on any atom is -0.374 e. The van der Waals surface area contributed by atoms with Gasteiger partial charge in [-0.05, 0) is 56.7 Å². The van der Waals surface area contributed by atoms with Crippen molar-refractivity contribution in [1.82, 2.24) is 5.32 Å². The number of hydrogen-bond donors (Lipinski definition) is 1. The topological polar surface area (TPSA) is 21.3 Å². The van der Waals surface area contributed by atoms with Gasteiger partial charge in [0.05, 0.1) is 5.60 Å². The van der Waals surface area contributed by atoms with Crippen molar-refractivity contribution >= 4 is 0 Å². The normalized spacial score (nSPS) is 24.9. The van der Waals surface area contributed by atoms with Crippen molar-refractivity contribution in [3.8, 4) is 0 Å². The molecule has 1 aromatic carbocycles. The highest BCUT2D eigenvalue weighted by molar-refractivity contribution is 5.25. The van der Waals surface area contributed by atoms with Crippen LogP contribution in [-0.4, -0.2) is 25.3 Å². The number of hydrogen-bond acceptors (Lipinski definition) is 2. The van der Waals surface area contributed by atoms with E-state index >= 15 is 0 Å². The predicted octanol–water partition coefficient (Wildman–Crippen LogP) is 3.90. The molecule has 1 N–H and O–H groups in total. The van der Waals surface area contributed by atoms with Gasteiger partial charge in [0.1, 0.15) is 0 Å². The summed E-state index contributed by atoms with van der Waals surface area (Å²) in [5, 5.41) is 3.47. The number of likely N-dealkylation sites (N-methyl/N-ethyl adjacent to an activating group) is 1. The van der Waals surface area contributed by atoms with Gasteiger partial charge in [-0.15, -0.1) is 0 Å². The summed E-state index contributed by atoms with van der Waals surface area (Å²) in [4.78, 5) is 0. The van der Waals surface area contributed by atoms with Gasteiger partial charge < -0.3 is 10.1 Å². The molecule has 1 saturated heterocycles. The van der Waals surface area contributed by atoms with Crippen LogP contribution in [0.4, 0.5) is 0 Å².